The van der Waals surface area contributed by atoms with E-state index in [1.807, 2.05) is 11.9 Å². The predicted octanol–water partition coefficient (Wildman–Crippen LogP) is 4.63. The Kier molecular flexibility index (Phi) is 9.13. The fourth-order valence-corrected chi connectivity index (χ4v) is 2.45. The van der Waals surface area contributed by atoms with Crippen LogP contribution in [0.15, 0.2) is 0 Å². The summed E-state index contributed by atoms with van der Waals surface area (Å²) < 4.78 is 0. The minimum atomic E-state index is -0.130. The van der Waals surface area contributed by atoms with Gasteiger partial charge in [0.1, 0.15) is 0 Å². The molecular weight excluding hydrogens is 222 g/mol. The lowest BCUT2D eigenvalue weighted by atomic mass is 9.78. The molecule has 0 saturated carbocycles. The van der Waals surface area contributed by atoms with Crippen LogP contribution in [0.4, 0.5) is 0 Å². The van der Waals surface area contributed by atoms with E-state index < -0.39 is 0 Å². The first-order valence-corrected chi connectivity index (χ1v) is 7.77. The smallest absolute Gasteiger partial charge is 0.228 e. The van der Waals surface area contributed by atoms with Crippen LogP contribution >= 0.6 is 0 Å². The van der Waals surface area contributed by atoms with Gasteiger partial charge in [0.25, 0.3) is 0 Å². The molecule has 0 bridgehead atoms. The largest absolute Gasteiger partial charge is 0.346 e. The van der Waals surface area contributed by atoms with E-state index >= 15 is 0 Å². The summed E-state index contributed by atoms with van der Waals surface area (Å²) in [4.78, 5) is 14.4. The zero-order valence-corrected chi connectivity index (χ0v) is 13.2. The molecule has 0 rings (SSSR count). The Morgan fingerprint density at radius 2 is 1.50 bits per heavy atom. The van der Waals surface area contributed by atoms with Crippen LogP contribution in [0.2, 0.25) is 0 Å². The van der Waals surface area contributed by atoms with Crippen LogP contribution in [0.5, 0.6) is 0 Å². The SMILES string of the molecule is CCCCCCC(C)(CCCC)C(=O)N(C)CC. The van der Waals surface area contributed by atoms with E-state index in [4.69, 9.17) is 0 Å². The van der Waals surface area contributed by atoms with E-state index in [9.17, 15) is 4.79 Å². The molecule has 0 radical (unpaired) electrons. The Labute approximate surface area is 114 Å². The number of hydrogen-bond donors (Lipinski definition) is 0. The number of carbonyl (C=O) groups is 1. The second-order valence-electron chi connectivity index (χ2n) is 5.79. The van der Waals surface area contributed by atoms with Crippen molar-refractivity contribution in [1.82, 2.24) is 4.90 Å². The summed E-state index contributed by atoms with van der Waals surface area (Å²) >= 11 is 0. The Morgan fingerprint density at radius 1 is 0.944 bits per heavy atom. The number of rotatable bonds is 10. The monoisotopic (exact) mass is 255 g/mol. The maximum Gasteiger partial charge on any atom is 0.228 e. The summed E-state index contributed by atoms with van der Waals surface area (Å²) in [5, 5.41) is 0. The first-order chi connectivity index (χ1) is 8.51. The first-order valence-electron chi connectivity index (χ1n) is 7.77. The van der Waals surface area contributed by atoms with Crippen LogP contribution in [0.3, 0.4) is 0 Å². The predicted molar refractivity (Wildman–Crippen MR) is 79.7 cm³/mol. The molecule has 1 amide bonds. The molecule has 0 aliphatic carbocycles. The zero-order chi connectivity index (χ0) is 14.0. The Balaban J connectivity index is 4.45. The molecule has 2 nitrogen and oxygen atoms in total. The van der Waals surface area contributed by atoms with Gasteiger partial charge < -0.3 is 4.90 Å². The minimum absolute atomic E-state index is 0.130. The van der Waals surface area contributed by atoms with Crippen LogP contribution in [-0.4, -0.2) is 24.4 Å². The van der Waals surface area contributed by atoms with Crippen molar-refractivity contribution < 1.29 is 4.79 Å². The van der Waals surface area contributed by atoms with Gasteiger partial charge in [-0.25, -0.2) is 0 Å². The third-order valence-electron chi connectivity index (χ3n) is 4.00. The van der Waals surface area contributed by atoms with Crippen molar-refractivity contribution in [3.8, 4) is 0 Å². The molecule has 0 N–H and O–H groups in total. The van der Waals surface area contributed by atoms with Crippen molar-refractivity contribution in [2.45, 2.75) is 79.1 Å². The van der Waals surface area contributed by atoms with Crippen LogP contribution < -0.4 is 0 Å². The second-order valence-corrected chi connectivity index (χ2v) is 5.79. The molecule has 0 saturated heterocycles. The zero-order valence-electron chi connectivity index (χ0n) is 13.2. The van der Waals surface area contributed by atoms with Crippen LogP contribution in [0, 0.1) is 5.41 Å². The van der Waals surface area contributed by atoms with Gasteiger partial charge in [0.2, 0.25) is 5.91 Å². The standard InChI is InChI=1S/C16H33NO/c1-6-9-11-12-14-16(4,13-10-7-2)15(18)17(5)8-3/h6-14H2,1-5H3. The lowest BCUT2D eigenvalue weighted by Gasteiger charge is -2.32. The highest BCUT2D eigenvalue weighted by atomic mass is 16.2. The van der Waals surface area contributed by atoms with Gasteiger partial charge >= 0.3 is 0 Å². The maximum absolute atomic E-state index is 12.5. The van der Waals surface area contributed by atoms with Gasteiger partial charge in [0.05, 0.1) is 0 Å². The molecule has 18 heavy (non-hydrogen) atoms. The average molecular weight is 255 g/mol. The van der Waals surface area contributed by atoms with E-state index in [1.165, 1.54) is 32.1 Å². The summed E-state index contributed by atoms with van der Waals surface area (Å²) in [7, 11) is 1.93. The molecule has 0 aromatic carbocycles. The minimum Gasteiger partial charge on any atom is -0.346 e. The molecule has 1 atom stereocenters. The molecule has 0 aromatic rings. The number of amides is 1. The number of unbranched alkanes of at least 4 members (excludes halogenated alkanes) is 4. The molecule has 108 valence electrons. The van der Waals surface area contributed by atoms with E-state index in [0.29, 0.717) is 5.91 Å². The normalized spacial score (nSPS) is 14.3. The molecule has 0 aliphatic rings. The Morgan fingerprint density at radius 3 is 2.00 bits per heavy atom. The molecule has 0 heterocycles. The molecule has 0 aromatic heterocycles. The highest BCUT2D eigenvalue weighted by molar-refractivity contribution is 5.82. The van der Waals surface area contributed by atoms with E-state index in [-0.39, 0.29) is 5.41 Å². The number of carbonyl (C=O) groups excluding carboxylic acids is 1. The van der Waals surface area contributed by atoms with E-state index in [1.54, 1.807) is 0 Å². The van der Waals surface area contributed by atoms with Crippen molar-refractivity contribution >= 4 is 5.91 Å². The molecule has 0 aliphatic heterocycles. The summed E-state index contributed by atoms with van der Waals surface area (Å²) in [6.45, 7) is 9.46. The average Bonchev–Trinajstić information content (AvgIpc) is 2.39. The Bertz CT molecular complexity index is 227. The molecule has 2 heteroatoms. The fraction of sp³-hybridized carbons (Fsp3) is 0.938. The Hall–Kier alpha value is -0.530. The highest BCUT2D eigenvalue weighted by Gasteiger charge is 2.33. The van der Waals surface area contributed by atoms with Crippen molar-refractivity contribution in [1.29, 1.82) is 0 Å². The topological polar surface area (TPSA) is 20.3 Å². The first kappa shape index (κ1) is 17.5. The van der Waals surface area contributed by atoms with Crippen molar-refractivity contribution in [3.05, 3.63) is 0 Å². The lowest BCUT2D eigenvalue weighted by molar-refractivity contribution is -0.140. The summed E-state index contributed by atoms with van der Waals surface area (Å²) in [5.74, 6) is 0.343. The summed E-state index contributed by atoms with van der Waals surface area (Å²) in [5.41, 5.74) is -0.130. The van der Waals surface area contributed by atoms with Gasteiger partial charge in [-0.3, -0.25) is 4.79 Å². The fourth-order valence-electron chi connectivity index (χ4n) is 2.45. The van der Waals surface area contributed by atoms with E-state index in [2.05, 4.69) is 27.7 Å². The molecule has 0 fully saturated rings. The number of nitrogens with zero attached hydrogens (tertiary/aromatic N) is 1. The van der Waals surface area contributed by atoms with Gasteiger partial charge in [-0.1, -0.05) is 59.3 Å². The quantitative estimate of drug-likeness (QED) is 0.521. The third kappa shape index (κ3) is 5.88. The van der Waals surface area contributed by atoms with Gasteiger partial charge in [0.15, 0.2) is 0 Å². The lowest BCUT2D eigenvalue weighted by Crippen LogP contribution is -2.40. The maximum atomic E-state index is 12.5. The van der Waals surface area contributed by atoms with Crippen molar-refractivity contribution in [3.63, 3.8) is 0 Å². The summed E-state index contributed by atoms with van der Waals surface area (Å²) in [6, 6.07) is 0. The van der Waals surface area contributed by atoms with Crippen LogP contribution in [0.25, 0.3) is 0 Å². The highest BCUT2D eigenvalue weighted by Crippen LogP contribution is 2.32. The van der Waals surface area contributed by atoms with Crippen LogP contribution in [0.1, 0.15) is 79.1 Å². The van der Waals surface area contributed by atoms with Crippen molar-refractivity contribution in [2.24, 2.45) is 5.41 Å². The van der Waals surface area contributed by atoms with Gasteiger partial charge in [-0.05, 0) is 19.8 Å². The molecule has 0 spiro atoms. The van der Waals surface area contributed by atoms with E-state index in [0.717, 1.165) is 25.8 Å². The molecular formula is C16H33NO. The van der Waals surface area contributed by atoms with Crippen LogP contribution in [-0.2, 0) is 4.79 Å². The van der Waals surface area contributed by atoms with Gasteiger partial charge in [-0.2, -0.15) is 0 Å². The summed E-state index contributed by atoms with van der Waals surface area (Å²) in [6.07, 6.45) is 9.44. The second kappa shape index (κ2) is 9.41. The number of hydrogen-bond acceptors (Lipinski definition) is 1. The van der Waals surface area contributed by atoms with Crippen molar-refractivity contribution in [2.75, 3.05) is 13.6 Å². The van der Waals surface area contributed by atoms with Gasteiger partial charge in [-0.15, -0.1) is 0 Å². The van der Waals surface area contributed by atoms with Gasteiger partial charge in [0, 0.05) is 19.0 Å². The molecule has 1 unspecified atom stereocenters. The third-order valence-corrected chi connectivity index (χ3v) is 4.00.